The maximum Gasteiger partial charge on any atom is 0.251 e. The van der Waals surface area contributed by atoms with Crippen molar-refractivity contribution in [2.45, 2.75) is 19.3 Å². The van der Waals surface area contributed by atoms with Gasteiger partial charge in [-0.2, -0.15) is 0 Å². The summed E-state index contributed by atoms with van der Waals surface area (Å²) >= 11 is 0. The molecule has 0 aliphatic carbocycles. The Labute approximate surface area is 103 Å². The summed E-state index contributed by atoms with van der Waals surface area (Å²) in [6.45, 7) is 4.05. The first kappa shape index (κ1) is 12.1. The topological polar surface area (TPSA) is 32.3 Å². The molecule has 3 heteroatoms. The maximum atomic E-state index is 11.7. The van der Waals surface area contributed by atoms with Crippen LogP contribution in [0.1, 0.15) is 29.6 Å². The summed E-state index contributed by atoms with van der Waals surface area (Å²) in [7, 11) is 0. The number of piperidine rings is 1. The van der Waals surface area contributed by atoms with Crippen molar-refractivity contribution < 1.29 is 4.79 Å². The van der Waals surface area contributed by atoms with E-state index < -0.39 is 0 Å². The second kappa shape index (κ2) is 6.40. The lowest BCUT2D eigenvalue weighted by Crippen LogP contribution is -2.37. The van der Waals surface area contributed by atoms with E-state index in [0.717, 1.165) is 13.1 Å². The molecular formula is C14H19N2O. The monoisotopic (exact) mass is 231 g/mol. The molecule has 1 aliphatic heterocycles. The highest BCUT2D eigenvalue weighted by Crippen LogP contribution is 2.07. The fourth-order valence-corrected chi connectivity index (χ4v) is 2.15. The van der Waals surface area contributed by atoms with E-state index in [1.54, 1.807) is 24.3 Å². The van der Waals surface area contributed by atoms with Gasteiger partial charge in [-0.15, -0.1) is 0 Å². The maximum absolute atomic E-state index is 11.7. The first-order chi connectivity index (χ1) is 8.36. The first-order valence-electron chi connectivity index (χ1n) is 6.33. The summed E-state index contributed by atoms with van der Waals surface area (Å²) in [6.07, 6.45) is 3.94. The third-order valence-corrected chi connectivity index (χ3v) is 3.14. The van der Waals surface area contributed by atoms with Gasteiger partial charge in [0, 0.05) is 18.7 Å². The Morgan fingerprint density at radius 1 is 1.24 bits per heavy atom. The Kier molecular flexibility index (Phi) is 4.56. The Morgan fingerprint density at radius 3 is 2.65 bits per heavy atom. The van der Waals surface area contributed by atoms with E-state index >= 15 is 0 Å². The van der Waals surface area contributed by atoms with Gasteiger partial charge in [0.2, 0.25) is 0 Å². The lowest BCUT2D eigenvalue weighted by molar-refractivity contribution is 0.0946. The molecule has 1 aliphatic rings. The zero-order chi connectivity index (χ0) is 11.9. The molecule has 91 valence electrons. The number of hydrogen-bond acceptors (Lipinski definition) is 2. The Hall–Kier alpha value is -1.35. The summed E-state index contributed by atoms with van der Waals surface area (Å²) in [5.41, 5.74) is 0.711. The molecule has 0 bridgehead atoms. The third-order valence-electron chi connectivity index (χ3n) is 3.14. The average Bonchev–Trinajstić information content (AvgIpc) is 2.41. The fourth-order valence-electron chi connectivity index (χ4n) is 2.15. The third kappa shape index (κ3) is 3.86. The van der Waals surface area contributed by atoms with Crippen LogP contribution in [-0.2, 0) is 0 Å². The van der Waals surface area contributed by atoms with E-state index in [1.807, 2.05) is 0 Å². The van der Waals surface area contributed by atoms with Crippen molar-refractivity contribution in [1.29, 1.82) is 0 Å². The van der Waals surface area contributed by atoms with Crippen LogP contribution in [0.4, 0.5) is 0 Å². The van der Waals surface area contributed by atoms with Crippen LogP contribution >= 0.6 is 0 Å². The van der Waals surface area contributed by atoms with Crippen LogP contribution in [0.5, 0.6) is 0 Å². The highest BCUT2D eigenvalue weighted by atomic mass is 16.1. The van der Waals surface area contributed by atoms with Gasteiger partial charge in [-0.25, -0.2) is 0 Å². The van der Waals surface area contributed by atoms with E-state index in [1.165, 1.54) is 32.4 Å². The minimum Gasteiger partial charge on any atom is -0.351 e. The molecule has 0 aromatic heterocycles. The smallest absolute Gasteiger partial charge is 0.251 e. The number of likely N-dealkylation sites (tertiary alicyclic amines) is 1. The second-order valence-electron chi connectivity index (χ2n) is 4.45. The molecular weight excluding hydrogens is 212 g/mol. The van der Waals surface area contributed by atoms with Crippen molar-refractivity contribution in [1.82, 2.24) is 10.2 Å². The lowest BCUT2D eigenvalue weighted by Gasteiger charge is -2.26. The molecule has 0 unspecified atom stereocenters. The van der Waals surface area contributed by atoms with Gasteiger partial charge in [0.1, 0.15) is 0 Å². The van der Waals surface area contributed by atoms with E-state index in [2.05, 4.69) is 16.3 Å². The zero-order valence-electron chi connectivity index (χ0n) is 10.1. The van der Waals surface area contributed by atoms with E-state index in [0.29, 0.717) is 5.56 Å². The number of hydrogen-bond donors (Lipinski definition) is 1. The fraction of sp³-hybridized carbons (Fsp3) is 0.500. The largest absolute Gasteiger partial charge is 0.351 e. The van der Waals surface area contributed by atoms with Gasteiger partial charge in [-0.3, -0.25) is 4.79 Å². The van der Waals surface area contributed by atoms with E-state index in [9.17, 15) is 4.79 Å². The Bertz CT molecular complexity index is 344. The minimum atomic E-state index is 0.0102. The number of amides is 1. The highest BCUT2D eigenvalue weighted by molar-refractivity contribution is 5.94. The van der Waals surface area contributed by atoms with Gasteiger partial charge in [-0.05, 0) is 44.1 Å². The molecule has 1 saturated heterocycles. The first-order valence-corrected chi connectivity index (χ1v) is 6.33. The minimum absolute atomic E-state index is 0.0102. The van der Waals surface area contributed by atoms with Crippen molar-refractivity contribution in [3.8, 4) is 0 Å². The average molecular weight is 231 g/mol. The van der Waals surface area contributed by atoms with Gasteiger partial charge in [0.05, 0.1) is 0 Å². The van der Waals surface area contributed by atoms with Crippen LogP contribution in [0.15, 0.2) is 24.3 Å². The summed E-state index contributed by atoms with van der Waals surface area (Å²) in [5.74, 6) is 0.0102. The highest BCUT2D eigenvalue weighted by Gasteiger charge is 2.10. The molecule has 3 nitrogen and oxygen atoms in total. The SMILES string of the molecule is O=C(NCCN1CCCCC1)c1cc[c]cc1. The van der Waals surface area contributed by atoms with Gasteiger partial charge in [0.25, 0.3) is 5.91 Å². The number of nitrogens with zero attached hydrogens (tertiary/aromatic N) is 1. The molecule has 1 aromatic carbocycles. The van der Waals surface area contributed by atoms with E-state index in [-0.39, 0.29) is 5.91 Å². The zero-order valence-corrected chi connectivity index (χ0v) is 10.1. The normalized spacial score (nSPS) is 16.7. The molecule has 2 rings (SSSR count). The van der Waals surface area contributed by atoms with Gasteiger partial charge >= 0.3 is 0 Å². The van der Waals surface area contributed by atoms with Gasteiger partial charge in [-0.1, -0.05) is 18.6 Å². The van der Waals surface area contributed by atoms with Crippen molar-refractivity contribution >= 4 is 5.91 Å². The van der Waals surface area contributed by atoms with Crippen LogP contribution in [0.2, 0.25) is 0 Å². The predicted molar refractivity (Wildman–Crippen MR) is 67.9 cm³/mol. The second-order valence-corrected chi connectivity index (χ2v) is 4.45. The summed E-state index contributed by atoms with van der Waals surface area (Å²) in [5, 5.41) is 2.95. The summed E-state index contributed by atoms with van der Waals surface area (Å²) in [4.78, 5) is 14.2. The molecule has 1 amide bonds. The van der Waals surface area contributed by atoms with Crippen molar-refractivity contribution in [2.24, 2.45) is 0 Å². The van der Waals surface area contributed by atoms with Gasteiger partial charge in [0.15, 0.2) is 0 Å². The van der Waals surface area contributed by atoms with Crippen LogP contribution in [0, 0.1) is 6.07 Å². The molecule has 0 spiro atoms. The van der Waals surface area contributed by atoms with Crippen molar-refractivity contribution in [2.75, 3.05) is 26.2 Å². The molecule has 1 fully saturated rings. The molecule has 17 heavy (non-hydrogen) atoms. The molecule has 0 saturated carbocycles. The van der Waals surface area contributed by atoms with Crippen LogP contribution in [0.3, 0.4) is 0 Å². The van der Waals surface area contributed by atoms with Crippen molar-refractivity contribution in [3.05, 3.63) is 35.9 Å². The molecule has 1 aromatic rings. The Morgan fingerprint density at radius 2 is 1.94 bits per heavy atom. The number of carbonyl (C=O) groups excluding carboxylic acids is 1. The van der Waals surface area contributed by atoms with Crippen LogP contribution < -0.4 is 5.32 Å². The van der Waals surface area contributed by atoms with Crippen LogP contribution in [-0.4, -0.2) is 37.0 Å². The number of rotatable bonds is 4. The predicted octanol–water partition coefficient (Wildman–Crippen LogP) is 1.70. The molecule has 0 atom stereocenters. The lowest BCUT2D eigenvalue weighted by atomic mass is 10.1. The number of benzene rings is 1. The quantitative estimate of drug-likeness (QED) is 0.855. The Balaban J connectivity index is 1.69. The van der Waals surface area contributed by atoms with E-state index in [4.69, 9.17) is 0 Å². The molecule has 1 heterocycles. The van der Waals surface area contributed by atoms with Crippen LogP contribution in [0.25, 0.3) is 0 Å². The van der Waals surface area contributed by atoms with Gasteiger partial charge < -0.3 is 10.2 Å². The van der Waals surface area contributed by atoms with Crippen molar-refractivity contribution in [3.63, 3.8) is 0 Å². The molecule has 1 N–H and O–H groups in total. The summed E-state index contributed by atoms with van der Waals surface area (Å²) < 4.78 is 0. The standard InChI is InChI=1S/C14H19N2O/c17-14(13-7-3-1-4-8-13)15-9-12-16-10-5-2-6-11-16/h3-4,7-8H,2,5-6,9-12H2,(H,15,17). The number of carbonyl (C=O) groups is 1. The number of nitrogens with one attached hydrogen (secondary N) is 1. The summed E-state index contributed by atoms with van der Waals surface area (Å²) in [6, 6.07) is 10.0. The molecule has 1 radical (unpaired) electrons.